The minimum Gasteiger partial charge on any atom is -0.378 e. The van der Waals surface area contributed by atoms with Gasteiger partial charge in [0.2, 0.25) is 27.9 Å². The first kappa shape index (κ1) is 15.7. The van der Waals surface area contributed by atoms with Crippen molar-refractivity contribution in [1.29, 1.82) is 0 Å². The van der Waals surface area contributed by atoms with Crippen LogP contribution in [0.3, 0.4) is 0 Å². The molecule has 1 aliphatic heterocycles. The lowest BCUT2D eigenvalue weighted by atomic mass is 10.4. The molecule has 1 aromatic rings. The number of sulfonamides is 1. The molecule has 0 bridgehead atoms. The summed E-state index contributed by atoms with van der Waals surface area (Å²) in [5.41, 5.74) is 0. The molecule has 118 valence electrons. The van der Waals surface area contributed by atoms with Crippen molar-refractivity contribution in [3.05, 3.63) is 0 Å². The number of rotatable bonds is 6. The van der Waals surface area contributed by atoms with Crippen LogP contribution in [0.4, 0.5) is 17.8 Å². The summed E-state index contributed by atoms with van der Waals surface area (Å²) in [6.45, 7) is 2.77. The standard InChI is InChI=1S/C10H19N7O3S/c1-12-8-14-9(13-2-7-21(11,18)19)16-10(15-8)17-3-5-20-6-4-17/h2-7H2,1H3,(H2,11,18,19)(H2,12,13,14,15,16). The third kappa shape index (κ3) is 4.95. The molecule has 10 nitrogen and oxygen atoms in total. The summed E-state index contributed by atoms with van der Waals surface area (Å²) in [6, 6.07) is 0. The zero-order valence-corrected chi connectivity index (χ0v) is 12.6. The predicted octanol–water partition coefficient (Wildman–Crippen LogP) is -1.55. The number of nitrogens with one attached hydrogen (secondary N) is 2. The number of hydrogen-bond donors (Lipinski definition) is 3. The number of aromatic nitrogens is 3. The normalized spacial score (nSPS) is 15.8. The van der Waals surface area contributed by atoms with Gasteiger partial charge in [-0.15, -0.1) is 0 Å². The number of hydrogen-bond acceptors (Lipinski definition) is 9. The average molecular weight is 317 g/mol. The van der Waals surface area contributed by atoms with E-state index in [-0.39, 0.29) is 12.3 Å². The van der Waals surface area contributed by atoms with Crippen LogP contribution in [0.25, 0.3) is 0 Å². The van der Waals surface area contributed by atoms with Crippen molar-refractivity contribution in [2.24, 2.45) is 5.14 Å². The number of primary sulfonamides is 1. The molecule has 0 atom stereocenters. The fourth-order valence-electron chi connectivity index (χ4n) is 1.77. The molecular weight excluding hydrogens is 298 g/mol. The zero-order valence-electron chi connectivity index (χ0n) is 11.7. The van der Waals surface area contributed by atoms with Crippen LogP contribution >= 0.6 is 0 Å². The molecular formula is C10H19N7O3S. The van der Waals surface area contributed by atoms with Crippen LogP contribution in [0, 0.1) is 0 Å². The Labute approximate surface area is 123 Å². The van der Waals surface area contributed by atoms with Crippen molar-refractivity contribution < 1.29 is 13.2 Å². The van der Waals surface area contributed by atoms with E-state index in [2.05, 4.69) is 25.6 Å². The van der Waals surface area contributed by atoms with E-state index >= 15 is 0 Å². The van der Waals surface area contributed by atoms with Gasteiger partial charge in [-0.1, -0.05) is 0 Å². The first-order valence-corrected chi connectivity index (χ1v) is 8.20. The minimum atomic E-state index is -3.52. The van der Waals surface area contributed by atoms with Crippen LogP contribution in [0.1, 0.15) is 0 Å². The van der Waals surface area contributed by atoms with Crippen molar-refractivity contribution >= 4 is 27.9 Å². The third-order valence-corrected chi connectivity index (χ3v) is 3.58. The Hall–Kier alpha value is -1.72. The van der Waals surface area contributed by atoms with E-state index in [0.717, 1.165) is 0 Å². The second-order valence-electron chi connectivity index (χ2n) is 4.43. The van der Waals surface area contributed by atoms with Gasteiger partial charge < -0.3 is 20.3 Å². The van der Waals surface area contributed by atoms with E-state index < -0.39 is 10.0 Å². The first-order chi connectivity index (χ1) is 9.98. The number of morpholine rings is 1. The molecule has 0 spiro atoms. The summed E-state index contributed by atoms with van der Waals surface area (Å²) in [7, 11) is -1.82. The molecule has 0 unspecified atom stereocenters. The van der Waals surface area contributed by atoms with Crippen LogP contribution < -0.4 is 20.7 Å². The molecule has 0 radical (unpaired) electrons. The maximum atomic E-state index is 10.9. The van der Waals surface area contributed by atoms with Crippen LogP contribution in [0.15, 0.2) is 0 Å². The Morgan fingerprint density at radius 1 is 1.24 bits per heavy atom. The summed E-state index contributed by atoms with van der Waals surface area (Å²) in [5, 5.41) is 10.6. The second kappa shape index (κ2) is 6.83. The average Bonchev–Trinajstić information content (AvgIpc) is 2.46. The van der Waals surface area contributed by atoms with Gasteiger partial charge in [0.1, 0.15) is 0 Å². The molecule has 1 fully saturated rings. The van der Waals surface area contributed by atoms with Crippen molar-refractivity contribution in [3.8, 4) is 0 Å². The molecule has 0 aromatic carbocycles. The topological polar surface area (TPSA) is 135 Å². The lowest BCUT2D eigenvalue weighted by Gasteiger charge is -2.27. The lowest BCUT2D eigenvalue weighted by molar-refractivity contribution is 0.122. The maximum absolute atomic E-state index is 10.9. The summed E-state index contributed by atoms with van der Waals surface area (Å²) >= 11 is 0. The summed E-state index contributed by atoms with van der Waals surface area (Å²) < 4.78 is 27.1. The molecule has 0 saturated carbocycles. The Morgan fingerprint density at radius 3 is 2.52 bits per heavy atom. The molecule has 0 aliphatic carbocycles. The van der Waals surface area contributed by atoms with Crippen molar-refractivity contribution in [2.75, 3.05) is 61.2 Å². The highest BCUT2D eigenvalue weighted by molar-refractivity contribution is 7.89. The number of ether oxygens (including phenoxy) is 1. The van der Waals surface area contributed by atoms with Gasteiger partial charge in [0, 0.05) is 26.7 Å². The fourth-order valence-corrected chi connectivity index (χ4v) is 2.15. The van der Waals surface area contributed by atoms with Gasteiger partial charge >= 0.3 is 0 Å². The van der Waals surface area contributed by atoms with Gasteiger partial charge in [-0.2, -0.15) is 15.0 Å². The highest BCUT2D eigenvalue weighted by atomic mass is 32.2. The van der Waals surface area contributed by atoms with Crippen LogP contribution in [0.2, 0.25) is 0 Å². The molecule has 2 heterocycles. The minimum absolute atomic E-state index is 0.133. The monoisotopic (exact) mass is 317 g/mol. The van der Waals surface area contributed by atoms with E-state index in [1.165, 1.54) is 0 Å². The van der Waals surface area contributed by atoms with Gasteiger partial charge in [0.25, 0.3) is 0 Å². The van der Waals surface area contributed by atoms with E-state index in [0.29, 0.717) is 44.1 Å². The molecule has 1 aromatic heterocycles. The third-order valence-electron chi connectivity index (χ3n) is 2.81. The van der Waals surface area contributed by atoms with Gasteiger partial charge in [0.15, 0.2) is 0 Å². The summed E-state index contributed by atoms with van der Waals surface area (Å²) in [4.78, 5) is 14.7. The summed E-state index contributed by atoms with van der Waals surface area (Å²) in [6.07, 6.45) is 0. The van der Waals surface area contributed by atoms with E-state index in [4.69, 9.17) is 9.88 Å². The molecule has 21 heavy (non-hydrogen) atoms. The van der Waals surface area contributed by atoms with Crippen molar-refractivity contribution in [3.63, 3.8) is 0 Å². The molecule has 1 saturated heterocycles. The predicted molar refractivity (Wildman–Crippen MR) is 78.9 cm³/mol. The zero-order chi connectivity index (χ0) is 15.3. The second-order valence-corrected chi connectivity index (χ2v) is 6.16. The van der Waals surface area contributed by atoms with Crippen LogP contribution in [0.5, 0.6) is 0 Å². The largest absolute Gasteiger partial charge is 0.378 e. The molecule has 0 amide bonds. The maximum Gasteiger partial charge on any atom is 0.232 e. The van der Waals surface area contributed by atoms with Gasteiger partial charge in [-0.05, 0) is 0 Å². The van der Waals surface area contributed by atoms with Gasteiger partial charge in [-0.3, -0.25) is 0 Å². The molecule has 11 heteroatoms. The van der Waals surface area contributed by atoms with Crippen molar-refractivity contribution in [2.45, 2.75) is 0 Å². The smallest absolute Gasteiger partial charge is 0.232 e. The van der Waals surface area contributed by atoms with Crippen LogP contribution in [-0.4, -0.2) is 69.0 Å². The Balaban J connectivity index is 2.09. The van der Waals surface area contributed by atoms with Gasteiger partial charge in [-0.25, -0.2) is 13.6 Å². The number of nitrogens with zero attached hydrogens (tertiary/aromatic N) is 4. The number of anilines is 3. The van der Waals surface area contributed by atoms with E-state index in [9.17, 15) is 8.42 Å². The Kier molecular flexibility index (Phi) is 5.09. The Bertz CT molecular complexity index is 574. The van der Waals surface area contributed by atoms with Crippen molar-refractivity contribution in [1.82, 2.24) is 15.0 Å². The van der Waals surface area contributed by atoms with Gasteiger partial charge in [0.05, 0.1) is 19.0 Å². The fraction of sp³-hybridized carbons (Fsp3) is 0.700. The first-order valence-electron chi connectivity index (χ1n) is 6.49. The number of nitrogens with two attached hydrogens (primary N) is 1. The molecule has 1 aliphatic rings. The molecule has 4 N–H and O–H groups in total. The molecule has 2 rings (SSSR count). The van der Waals surface area contributed by atoms with Crippen LogP contribution in [-0.2, 0) is 14.8 Å². The highest BCUT2D eigenvalue weighted by Crippen LogP contribution is 2.14. The Morgan fingerprint density at radius 2 is 1.90 bits per heavy atom. The highest BCUT2D eigenvalue weighted by Gasteiger charge is 2.16. The quantitative estimate of drug-likeness (QED) is 0.569. The summed E-state index contributed by atoms with van der Waals surface area (Å²) in [5.74, 6) is 1.04. The lowest BCUT2D eigenvalue weighted by Crippen LogP contribution is -2.37. The SMILES string of the molecule is CNc1nc(NCCS(N)(=O)=O)nc(N2CCOCC2)n1. The van der Waals surface area contributed by atoms with E-state index in [1.54, 1.807) is 7.05 Å². The van der Waals surface area contributed by atoms with E-state index in [1.807, 2.05) is 4.90 Å².